The molecule has 0 aromatic carbocycles. The topological polar surface area (TPSA) is 118 Å². The summed E-state index contributed by atoms with van der Waals surface area (Å²) in [5.74, 6) is 6.02. The van der Waals surface area contributed by atoms with Crippen LogP contribution in [0.1, 0.15) is 23.0 Å². The molecule has 8 nitrogen and oxygen atoms in total. The second-order valence-corrected chi connectivity index (χ2v) is 7.72. The van der Waals surface area contributed by atoms with Crippen LogP contribution in [0.3, 0.4) is 0 Å². The zero-order chi connectivity index (χ0) is 18.6. The minimum atomic E-state index is 0.531. The van der Waals surface area contributed by atoms with Gasteiger partial charge < -0.3 is 20.6 Å². The molecule has 0 radical (unpaired) electrons. The first-order valence-electron chi connectivity index (χ1n) is 8.28. The molecule has 0 spiro atoms. The fraction of sp³-hybridized carbons (Fsp3) is 0.500. The second kappa shape index (κ2) is 11.5. The van der Waals surface area contributed by atoms with Crippen LogP contribution in [0.4, 0.5) is 0 Å². The third kappa shape index (κ3) is 7.84. The number of imidazole rings is 2. The van der Waals surface area contributed by atoms with Crippen molar-refractivity contribution in [3.8, 4) is 6.19 Å². The van der Waals surface area contributed by atoms with Crippen LogP contribution in [0.5, 0.6) is 0 Å². The Hall–Kier alpha value is -2.12. The SMILES string of the molecule is Cc1ncc(CSCCNC(=NC#N)NCCSCc2cnc(C)[nH]2)[nH]1. The third-order valence-corrected chi connectivity index (χ3v) is 5.28. The number of hydrogen-bond donors (Lipinski definition) is 4. The van der Waals surface area contributed by atoms with Crippen molar-refractivity contribution < 1.29 is 0 Å². The Bertz CT molecular complexity index is 678. The molecule has 0 amide bonds. The van der Waals surface area contributed by atoms with Crippen molar-refractivity contribution >= 4 is 29.5 Å². The van der Waals surface area contributed by atoms with Crippen molar-refractivity contribution in [2.75, 3.05) is 24.6 Å². The molecule has 2 aromatic rings. The first-order chi connectivity index (χ1) is 12.7. The van der Waals surface area contributed by atoms with Gasteiger partial charge in [-0.2, -0.15) is 28.8 Å². The zero-order valence-corrected chi connectivity index (χ0v) is 16.6. The maximum absolute atomic E-state index is 8.79. The van der Waals surface area contributed by atoms with Gasteiger partial charge in [-0.25, -0.2) is 9.97 Å². The minimum absolute atomic E-state index is 0.531. The van der Waals surface area contributed by atoms with Crippen LogP contribution in [0.2, 0.25) is 0 Å². The van der Waals surface area contributed by atoms with Gasteiger partial charge in [0.25, 0.3) is 0 Å². The minimum Gasteiger partial charge on any atom is -0.355 e. The molecule has 4 N–H and O–H groups in total. The molecule has 26 heavy (non-hydrogen) atoms. The van der Waals surface area contributed by atoms with E-state index in [0.717, 1.165) is 59.1 Å². The molecular weight excluding hydrogens is 368 g/mol. The summed E-state index contributed by atoms with van der Waals surface area (Å²) in [4.78, 5) is 18.6. The molecule has 2 rings (SSSR count). The van der Waals surface area contributed by atoms with Crippen molar-refractivity contribution in [2.24, 2.45) is 4.99 Å². The van der Waals surface area contributed by atoms with E-state index in [1.807, 2.05) is 32.4 Å². The lowest BCUT2D eigenvalue weighted by Gasteiger charge is -2.10. The monoisotopic (exact) mass is 392 g/mol. The average Bonchev–Trinajstić information content (AvgIpc) is 3.22. The van der Waals surface area contributed by atoms with Crippen LogP contribution >= 0.6 is 23.5 Å². The van der Waals surface area contributed by atoms with E-state index in [4.69, 9.17) is 5.26 Å². The second-order valence-electron chi connectivity index (χ2n) is 5.51. The van der Waals surface area contributed by atoms with Crippen molar-refractivity contribution in [3.05, 3.63) is 35.4 Å². The fourth-order valence-corrected chi connectivity index (χ4v) is 3.64. The Kier molecular flexibility index (Phi) is 8.92. The van der Waals surface area contributed by atoms with Gasteiger partial charge in [0.1, 0.15) is 11.6 Å². The molecule has 2 aromatic heterocycles. The molecule has 0 bridgehead atoms. The molecule has 0 aliphatic carbocycles. The smallest absolute Gasteiger partial charge is 0.209 e. The molecule has 0 atom stereocenters. The first kappa shape index (κ1) is 20.2. The van der Waals surface area contributed by atoms with Gasteiger partial charge in [0, 0.05) is 59.9 Å². The van der Waals surface area contributed by atoms with Gasteiger partial charge in [-0.3, -0.25) is 0 Å². The molecule has 0 aliphatic heterocycles. The van der Waals surface area contributed by atoms with E-state index < -0.39 is 0 Å². The summed E-state index contributed by atoms with van der Waals surface area (Å²) in [6.07, 6.45) is 5.56. The highest BCUT2D eigenvalue weighted by Gasteiger charge is 2.01. The number of H-pyrrole nitrogens is 2. The fourth-order valence-electron chi connectivity index (χ4n) is 2.13. The lowest BCUT2D eigenvalue weighted by molar-refractivity contribution is 0.868. The standard InChI is InChI=1S/C16H24N8S2/c1-12-20-7-14(23-12)9-25-5-3-18-16(22-11-17)19-4-6-26-10-15-8-21-13(2)24-15/h7-8H,3-6,9-10H2,1-2H3,(H,20,23)(H,21,24)(H2,18,19,22). The van der Waals surface area contributed by atoms with Gasteiger partial charge in [-0.15, -0.1) is 4.99 Å². The van der Waals surface area contributed by atoms with E-state index in [1.165, 1.54) is 0 Å². The molecule has 0 saturated heterocycles. The van der Waals surface area contributed by atoms with Gasteiger partial charge in [-0.05, 0) is 13.8 Å². The summed E-state index contributed by atoms with van der Waals surface area (Å²) in [7, 11) is 0. The van der Waals surface area contributed by atoms with Crippen LogP contribution in [0, 0.1) is 25.3 Å². The third-order valence-electron chi connectivity index (χ3n) is 3.27. The maximum Gasteiger partial charge on any atom is 0.209 e. The quantitative estimate of drug-likeness (QED) is 0.211. The van der Waals surface area contributed by atoms with Crippen LogP contribution in [0.15, 0.2) is 17.4 Å². The number of guanidine groups is 1. The highest BCUT2D eigenvalue weighted by molar-refractivity contribution is 7.98. The van der Waals surface area contributed by atoms with Crippen LogP contribution < -0.4 is 10.6 Å². The molecule has 0 aliphatic rings. The van der Waals surface area contributed by atoms with Crippen LogP contribution in [-0.2, 0) is 11.5 Å². The lowest BCUT2D eigenvalue weighted by atomic mass is 10.6. The molecular formula is C16H24N8S2. The number of aliphatic imine (C=N–C) groups is 1. The van der Waals surface area contributed by atoms with E-state index in [1.54, 1.807) is 23.5 Å². The summed E-state index contributed by atoms with van der Waals surface area (Å²) in [5.41, 5.74) is 2.25. The van der Waals surface area contributed by atoms with Gasteiger partial charge in [0.2, 0.25) is 12.2 Å². The normalized spacial score (nSPS) is 10.3. The van der Waals surface area contributed by atoms with Gasteiger partial charge >= 0.3 is 0 Å². The van der Waals surface area contributed by atoms with Crippen molar-refractivity contribution in [3.63, 3.8) is 0 Å². The predicted molar refractivity (Wildman–Crippen MR) is 108 cm³/mol. The Balaban J connectivity index is 1.54. The molecule has 10 heteroatoms. The molecule has 2 heterocycles. The predicted octanol–water partition coefficient (Wildman–Crippen LogP) is 1.93. The van der Waals surface area contributed by atoms with Crippen molar-refractivity contribution in [2.45, 2.75) is 25.4 Å². The summed E-state index contributed by atoms with van der Waals surface area (Å²) in [5, 5.41) is 15.1. The number of nitriles is 1. The highest BCUT2D eigenvalue weighted by atomic mass is 32.2. The van der Waals surface area contributed by atoms with E-state index >= 15 is 0 Å². The number of aromatic nitrogens is 4. The van der Waals surface area contributed by atoms with E-state index in [9.17, 15) is 0 Å². The molecule has 0 fully saturated rings. The van der Waals surface area contributed by atoms with Crippen LogP contribution in [0.25, 0.3) is 0 Å². The van der Waals surface area contributed by atoms with Gasteiger partial charge in [0.15, 0.2) is 0 Å². The zero-order valence-electron chi connectivity index (χ0n) is 15.0. The van der Waals surface area contributed by atoms with Crippen molar-refractivity contribution in [1.82, 2.24) is 30.6 Å². The molecule has 140 valence electrons. The molecule has 0 unspecified atom stereocenters. The number of nitrogens with one attached hydrogen (secondary N) is 4. The number of nitrogens with zero attached hydrogens (tertiary/aromatic N) is 4. The number of thioether (sulfide) groups is 2. The van der Waals surface area contributed by atoms with E-state index in [0.29, 0.717) is 5.96 Å². The van der Waals surface area contributed by atoms with E-state index in [2.05, 4.69) is 35.6 Å². The van der Waals surface area contributed by atoms with Crippen molar-refractivity contribution in [1.29, 1.82) is 5.26 Å². The maximum atomic E-state index is 8.79. The number of rotatable bonds is 10. The number of aryl methyl sites for hydroxylation is 2. The summed E-state index contributed by atoms with van der Waals surface area (Å²) < 4.78 is 0. The lowest BCUT2D eigenvalue weighted by Crippen LogP contribution is -2.39. The Morgan fingerprint density at radius 3 is 1.92 bits per heavy atom. The Morgan fingerprint density at radius 2 is 1.54 bits per heavy atom. The number of aromatic amines is 2. The van der Waals surface area contributed by atoms with Gasteiger partial charge in [-0.1, -0.05) is 0 Å². The van der Waals surface area contributed by atoms with Crippen LogP contribution in [-0.4, -0.2) is 50.5 Å². The summed E-state index contributed by atoms with van der Waals surface area (Å²) >= 11 is 3.60. The largest absolute Gasteiger partial charge is 0.355 e. The summed E-state index contributed by atoms with van der Waals surface area (Å²) in [6, 6.07) is 0. The van der Waals surface area contributed by atoms with Gasteiger partial charge in [0.05, 0.1) is 0 Å². The average molecular weight is 393 g/mol. The summed E-state index contributed by atoms with van der Waals surface area (Å²) in [6.45, 7) is 5.37. The van der Waals surface area contributed by atoms with E-state index in [-0.39, 0.29) is 0 Å². The highest BCUT2D eigenvalue weighted by Crippen LogP contribution is 2.10. The Morgan fingerprint density at radius 1 is 1.04 bits per heavy atom. The molecule has 0 saturated carbocycles. The number of hydrogen-bond acceptors (Lipinski definition) is 6. The first-order valence-corrected chi connectivity index (χ1v) is 10.6. The Labute approximate surface area is 162 Å².